The molecule has 3 atom stereocenters. The van der Waals surface area contributed by atoms with Crippen LogP contribution in [-0.2, 0) is 5.41 Å². The zero-order valence-electron chi connectivity index (χ0n) is 12.8. The van der Waals surface area contributed by atoms with Gasteiger partial charge in [0.05, 0.1) is 0 Å². The Labute approximate surface area is 122 Å². The Balaban J connectivity index is 1.65. The van der Waals surface area contributed by atoms with Crippen LogP contribution >= 0.6 is 0 Å². The molecule has 2 aliphatic carbocycles. The third-order valence-electron chi connectivity index (χ3n) is 5.07. The summed E-state index contributed by atoms with van der Waals surface area (Å²) in [6, 6.07) is 8.50. The molecule has 0 heterocycles. The maximum Gasteiger partial charge on any atom is 0.251 e. The number of carbonyl (C=O) groups excluding carboxylic acids is 1. The molecule has 0 radical (unpaired) electrons. The lowest BCUT2D eigenvalue weighted by atomic mass is 9.86. The highest BCUT2D eigenvalue weighted by molar-refractivity contribution is 5.94. The van der Waals surface area contributed by atoms with Crippen LogP contribution < -0.4 is 5.32 Å². The van der Waals surface area contributed by atoms with Gasteiger partial charge in [-0.1, -0.05) is 39.3 Å². The van der Waals surface area contributed by atoms with Crippen LogP contribution in [0.1, 0.15) is 62.4 Å². The summed E-state index contributed by atoms with van der Waals surface area (Å²) < 4.78 is 0. The lowest BCUT2D eigenvalue weighted by Gasteiger charge is -2.23. The van der Waals surface area contributed by atoms with Crippen LogP contribution in [0.15, 0.2) is 24.3 Å². The molecule has 0 aliphatic heterocycles. The lowest BCUT2D eigenvalue weighted by molar-refractivity contribution is 0.0923. The molecule has 2 heteroatoms. The van der Waals surface area contributed by atoms with E-state index >= 15 is 0 Å². The van der Waals surface area contributed by atoms with E-state index in [1.54, 1.807) is 0 Å². The first-order valence-electron chi connectivity index (χ1n) is 7.85. The fraction of sp³-hybridized carbons (Fsp3) is 0.611. The third-order valence-corrected chi connectivity index (χ3v) is 5.07. The smallest absolute Gasteiger partial charge is 0.251 e. The van der Waals surface area contributed by atoms with Crippen LogP contribution in [0.5, 0.6) is 0 Å². The van der Waals surface area contributed by atoms with E-state index in [-0.39, 0.29) is 11.3 Å². The quantitative estimate of drug-likeness (QED) is 0.868. The second-order valence-corrected chi connectivity index (χ2v) is 7.58. The van der Waals surface area contributed by atoms with Crippen LogP contribution in [0.2, 0.25) is 0 Å². The van der Waals surface area contributed by atoms with E-state index < -0.39 is 0 Å². The number of benzene rings is 1. The molecule has 2 aliphatic rings. The lowest BCUT2D eigenvalue weighted by Crippen LogP contribution is -2.38. The monoisotopic (exact) mass is 271 g/mol. The molecule has 1 aromatic carbocycles. The molecular weight excluding hydrogens is 246 g/mol. The summed E-state index contributed by atoms with van der Waals surface area (Å²) in [6.07, 6.45) is 5.19. The predicted molar refractivity (Wildman–Crippen MR) is 81.8 cm³/mol. The first kappa shape index (κ1) is 13.7. The number of rotatable bonds is 2. The van der Waals surface area contributed by atoms with Gasteiger partial charge in [0, 0.05) is 11.6 Å². The van der Waals surface area contributed by atoms with Crippen LogP contribution in [0.25, 0.3) is 0 Å². The van der Waals surface area contributed by atoms with E-state index in [1.165, 1.54) is 31.2 Å². The minimum Gasteiger partial charge on any atom is -0.349 e. The largest absolute Gasteiger partial charge is 0.349 e. The standard InChI is InChI=1S/C18H25NO/c1-18(2,3)15-8-6-13(7-9-15)17(20)19-16-11-12-4-5-14(16)10-12/h6-9,12,14,16H,4-5,10-11H2,1-3H3,(H,19,20)/t12-,14-,16-/m0/s1. The van der Waals surface area contributed by atoms with Gasteiger partial charge in [0.15, 0.2) is 0 Å². The molecule has 2 fully saturated rings. The van der Waals surface area contributed by atoms with Crippen molar-refractivity contribution in [1.29, 1.82) is 0 Å². The number of hydrogen-bond donors (Lipinski definition) is 1. The first-order chi connectivity index (χ1) is 9.43. The van der Waals surface area contributed by atoms with Crippen molar-refractivity contribution in [2.45, 2.75) is 57.9 Å². The van der Waals surface area contributed by atoms with Gasteiger partial charge < -0.3 is 5.32 Å². The minimum atomic E-state index is 0.100. The molecular formula is C18H25NO. The van der Waals surface area contributed by atoms with Gasteiger partial charge in [-0.15, -0.1) is 0 Å². The Kier molecular flexibility index (Phi) is 3.35. The van der Waals surface area contributed by atoms with E-state index in [4.69, 9.17) is 0 Å². The second-order valence-electron chi connectivity index (χ2n) is 7.58. The molecule has 2 saturated carbocycles. The zero-order chi connectivity index (χ0) is 14.3. The van der Waals surface area contributed by atoms with Crippen LogP contribution in [0.3, 0.4) is 0 Å². The number of fused-ring (bicyclic) bond motifs is 2. The fourth-order valence-electron chi connectivity index (χ4n) is 3.79. The van der Waals surface area contributed by atoms with Crippen LogP contribution in [0, 0.1) is 11.8 Å². The molecule has 20 heavy (non-hydrogen) atoms. The topological polar surface area (TPSA) is 29.1 Å². The minimum absolute atomic E-state index is 0.100. The summed E-state index contributed by atoms with van der Waals surface area (Å²) in [6.45, 7) is 6.58. The molecule has 2 nitrogen and oxygen atoms in total. The van der Waals surface area contributed by atoms with Crippen molar-refractivity contribution in [3.8, 4) is 0 Å². The maximum absolute atomic E-state index is 12.3. The van der Waals surface area contributed by atoms with E-state index in [1.807, 2.05) is 12.1 Å². The average Bonchev–Trinajstić information content (AvgIpc) is 3.00. The van der Waals surface area contributed by atoms with Crippen molar-refractivity contribution in [2.24, 2.45) is 11.8 Å². The Morgan fingerprint density at radius 1 is 1.10 bits per heavy atom. The number of hydrogen-bond acceptors (Lipinski definition) is 1. The van der Waals surface area contributed by atoms with Gasteiger partial charge in [0.2, 0.25) is 0 Å². The van der Waals surface area contributed by atoms with Crippen molar-refractivity contribution in [3.05, 3.63) is 35.4 Å². The predicted octanol–water partition coefficient (Wildman–Crippen LogP) is 3.90. The number of nitrogens with one attached hydrogen (secondary N) is 1. The molecule has 0 spiro atoms. The highest BCUT2D eigenvalue weighted by Crippen LogP contribution is 2.44. The number of amides is 1. The van der Waals surface area contributed by atoms with Gasteiger partial charge in [-0.05, 0) is 54.2 Å². The van der Waals surface area contributed by atoms with E-state index in [2.05, 4.69) is 38.2 Å². The van der Waals surface area contributed by atoms with E-state index in [0.29, 0.717) is 6.04 Å². The van der Waals surface area contributed by atoms with Gasteiger partial charge in [0.1, 0.15) is 0 Å². The number of carbonyl (C=O) groups is 1. The fourth-order valence-corrected chi connectivity index (χ4v) is 3.79. The molecule has 1 amide bonds. The summed E-state index contributed by atoms with van der Waals surface area (Å²) in [5.41, 5.74) is 2.20. The Bertz CT molecular complexity index is 497. The van der Waals surface area contributed by atoms with E-state index in [9.17, 15) is 4.79 Å². The molecule has 1 N–H and O–H groups in total. The molecule has 1 aromatic rings. The summed E-state index contributed by atoms with van der Waals surface area (Å²) in [4.78, 5) is 12.3. The highest BCUT2D eigenvalue weighted by atomic mass is 16.1. The van der Waals surface area contributed by atoms with Crippen molar-refractivity contribution >= 4 is 5.91 Å². The zero-order valence-corrected chi connectivity index (χ0v) is 12.8. The van der Waals surface area contributed by atoms with Gasteiger partial charge in [-0.3, -0.25) is 4.79 Å². The molecule has 0 unspecified atom stereocenters. The van der Waals surface area contributed by atoms with Crippen LogP contribution in [0.4, 0.5) is 0 Å². The van der Waals surface area contributed by atoms with Gasteiger partial charge in [0.25, 0.3) is 5.91 Å². The molecule has 0 saturated heterocycles. The van der Waals surface area contributed by atoms with E-state index in [0.717, 1.165) is 17.4 Å². The molecule has 2 bridgehead atoms. The molecule has 0 aromatic heterocycles. The second kappa shape index (κ2) is 4.91. The Hall–Kier alpha value is -1.31. The molecule has 108 valence electrons. The Morgan fingerprint density at radius 2 is 1.80 bits per heavy atom. The SMILES string of the molecule is CC(C)(C)c1ccc(C(=O)N[C@H]2C[C@H]3CC[C@H]2C3)cc1. The third kappa shape index (κ3) is 2.61. The van der Waals surface area contributed by atoms with Crippen molar-refractivity contribution in [1.82, 2.24) is 5.32 Å². The summed E-state index contributed by atoms with van der Waals surface area (Å²) >= 11 is 0. The van der Waals surface area contributed by atoms with Crippen molar-refractivity contribution in [3.63, 3.8) is 0 Å². The molecule has 3 rings (SSSR count). The van der Waals surface area contributed by atoms with Gasteiger partial charge in [-0.25, -0.2) is 0 Å². The summed E-state index contributed by atoms with van der Waals surface area (Å²) in [5.74, 6) is 1.70. The Morgan fingerprint density at radius 3 is 2.30 bits per heavy atom. The van der Waals surface area contributed by atoms with Crippen molar-refractivity contribution in [2.75, 3.05) is 0 Å². The summed E-state index contributed by atoms with van der Waals surface area (Å²) in [7, 11) is 0. The summed E-state index contributed by atoms with van der Waals surface area (Å²) in [5, 5.41) is 3.25. The van der Waals surface area contributed by atoms with Crippen molar-refractivity contribution < 1.29 is 4.79 Å². The van der Waals surface area contributed by atoms with Gasteiger partial charge in [-0.2, -0.15) is 0 Å². The first-order valence-corrected chi connectivity index (χ1v) is 7.85. The van der Waals surface area contributed by atoms with Gasteiger partial charge >= 0.3 is 0 Å². The van der Waals surface area contributed by atoms with Crippen LogP contribution in [-0.4, -0.2) is 11.9 Å². The highest BCUT2D eigenvalue weighted by Gasteiger charge is 2.40. The average molecular weight is 271 g/mol. The normalized spacial score (nSPS) is 28.6. The maximum atomic E-state index is 12.3.